The standard InChI is InChI=1S/C25H37N5O.HI/c1-3-26-25(28-21-22-10-9-13-24(20-22)31-2)27-14-7-8-15-29-16-18-30(19-17-29)23-11-5-4-6-12-23;/h4-6,9-13,20H,3,7-8,14-19,21H2,1-2H3,(H2,26,27,28);1H. The van der Waals surface area contributed by atoms with Gasteiger partial charge in [0.15, 0.2) is 5.96 Å². The normalized spacial score (nSPS) is 14.6. The molecule has 1 aliphatic heterocycles. The first-order valence-corrected chi connectivity index (χ1v) is 11.5. The number of unbranched alkanes of at least 4 members (excludes halogenated alkanes) is 1. The summed E-state index contributed by atoms with van der Waals surface area (Å²) in [5, 5.41) is 6.80. The Bertz CT molecular complexity index is 794. The van der Waals surface area contributed by atoms with Crippen LogP contribution in [0.4, 0.5) is 5.69 Å². The van der Waals surface area contributed by atoms with Gasteiger partial charge in [-0.05, 0) is 56.1 Å². The van der Waals surface area contributed by atoms with Crippen LogP contribution in [0, 0.1) is 0 Å². The minimum atomic E-state index is 0. The molecule has 6 nitrogen and oxygen atoms in total. The van der Waals surface area contributed by atoms with Gasteiger partial charge >= 0.3 is 0 Å². The third kappa shape index (κ3) is 8.86. The van der Waals surface area contributed by atoms with Crippen molar-refractivity contribution in [2.24, 2.45) is 4.99 Å². The highest BCUT2D eigenvalue weighted by Crippen LogP contribution is 2.16. The number of ether oxygens (including phenoxy) is 1. The number of rotatable bonds is 10. The summed E-state index contributed by atoms with van der Waals surface area (Å²) in [6.45, 7) is 10.2. The fourth-order valence-electron chi connectivity index (χ4n) is 3.82. The summed E-state index contributed by atoms with van der Waals surface area (Å²) in [6, 6.07) is 18.8. The molecule has 1 fully saturated rings. The van der Waals surface area contributed by atoms with Crippen LogP contribution in [0.15, 0.2) is 59.6 Å². The van der Waals surface area contributed by atoms with Gasteiger partial charge in [0.1, 0.15) is 5.75 Å². The minimum absolute atomic E-state index is 0. The van der Waals surface area contributed by atoms with Crippen LogP contribution in [0.1, 0.15) is 25.3 Å². The number of halogens is 1. The van der Waals surface area contributed by atoms with E-state index in [4.69, 9.17) is 9.73 Å². The second-order valence-corrected chi connectivity index (χ2v) is 7.84. The molecular weight excluding hydrogens is 513 g/mol. The van der Waals surface area contributed by atoms with Gasteiger partial charge < -0.3 is 20.3 Å². The SMILES string of the molecule is CCNC(=NCc1cccc(OC)c1)NCCCCN1CCN(c2ccccc2)CC1.I. The first kappa shape index (κ1) is 26.3. The van der Waals surface area contributed by atoms with Crippen LogP contribution in [0.5, 0.6) is 5.75 Å². The van der Waals surface area contributed by atoms with Crippen LogP contribution >= 0.6 is 24.0 Å². The number of piperazine rings is 1. The monoisotopic (exact) mass is 551 g/mol. The summed E-state index contributed by atoms with van der Waals surface area (Å²) in [5.41, 5.74) is 2.49. The smallest absolute Gasteiger partial charge is 0.191 e. The average molecular weight is 552 g/mol. The van der Waals surface area contributed by atoms with E-state index in [1.54, 1.807) is 7.11 Å². The van der Waals surface area contributed by atoms with E-state index in [-0.39, 0.29) is 24.0 Å². The largest absolute Gasteiger partial charge is 0.497 e. The number of hydrogen-bond donors (Lipinski definition) is 2. The molecule has 0 amide bonds. The van der Waals surface area contributed by atoms with Crippen LogP contribution in [-0.4, -0.2) is 63.8 Å². The Hall–Kier alpha value is -2.00. The summed E-state index contributed by atoms with van der Waals surface area (Å²) in [4.78, 5) is 9.78. The third-order valence-electron chi connectivity index (χ3n) is 5.59. The zero-order valence-corrected chi connectivity index (χ0v) is 21.8. The molecule has 176 valence electrons. The molecule has 32 heavy (non-hydrogen) atoms. The molecule has 0 unspecified atom stereocenters. The van der Waals surface area contributed by atoms with E-state index in [0.29, 0.717) is 6.54 Å². The molecule has 0 radical (unpaired) electrons. The number of nitrogens with zero attached hydrogens (tertiary/aromatic N) is 3. The van der Waals surface area contributed by atoms with Crippen LogP contribution in [0.2, 0.25) is 0 Å². The molecule has 0 aromatic heterocycles. The number of nitrogens with one attached hydrogen (secondary N) is 2. The molecule has 0 bridgehead atoms. The van der Waals surface area contributed by atoms with Crippen LogP contribution < -0.4 is 20.3 Å². The van der Waals surface area contributed by atoms with Crippen molar-refractivity contribution in [1.29, 1.82) is 0 Å². The van der Waals surface area contributed by atoms with Crippen molar-refractivity contribution in [2.45, 2.75) is 26.3 Å². The van der Waals surface area contributed by atoms with E-state index in [1.165, 1.54) is 18.7 Å². The van der Waals surface area contributed by atoms with Crippen LogP contribution in [0.25, 0.3) is 0 Å². The molecule has 2 aromatic rings. The van der Waals surface area contributed by atoms with Crippen LogP contribution in [-0.2, 0) is 6.54 Å². The van der Waals surface area contributed by atoms with Gasteiger partial charge in [0.05, 0.1) is 13.7 Å². The molecule has 1 aliphatic rings. The molecule has 0 saturated carbocycles. The molecule has 0 aliphatic carbocycles. The lowest BCUT2D eigenvalue weighted by Crippen LogP contribution is -2.46. The van der Waals surface area contributed by atoms with Crippen molar-refractivity contribution in [3.05, 3.63) is 60.2 Å². The molecule has 1 saturated heterocycles. The summed E-state index contributed by atoms with van der Waals surface area (Å²) >= 11 is 0. The highest BCUT2D eigenvalue weighted by Gasteiger charge is 2.16. The molecule has 1 heterocycles. The summed E-state index contributed by atoms with van der Waals surface area (Å²) in [5.74, 6) is 1.75. The summed E-state index contributed by atoms with van der Waals surface area (Å²) in [7, 11) is 1.69. The van der Waals surface area contributed by atoms with E-state index in [9.17, 15) is 0 Å². The number of anilines is 1. The average Bonchev–Trinajstić information content (AvgIpc) is 2.83. The zero-order chi connectivity index (χ0) is 21.7. The molecule has 7 heteroatoms. The second kappa shape index (κ2) is 14.9. The predicted molar refractivity (Wildman–Crippen MR) is 146 cm³/mol. The topological polar surface area (TPSA) is 52.1 Å². The second-order valence-electron chi connectivity index (χ2n) is 7.84. The van der Waals surface area contributed by atoms with Gasteiger partial charge in [-0.25, -0.2) is 4.99 Å². The van der Waals surface area contributed by atoms with Crippen molar-refractivity contribution < 1.29 is 4.74 Å². The van der Waals surface area contributed by atoms with Gasteiger partial charge in [-0.2, -0.15) is 0 Å². The Balaban J connectivity index is 0.00000363. The fraction of sp³-hybridized carbons (Fsp3) is 0.480. The molecular formula is C25H38IN5O. The number of benzene rings is 2. The van der Waals surface area contributed by atoms with E-state index in [2.05, 4.69) is 63.8 Å². The highest BCUT2D eigenvalue weighted by molar-refractivity contribution is 14.0. The lowest BCUT2D eigenvalue weighted by atomic mass is 10.2. The maximum absolute atomic E-state index is 5.29. The predicted octanol–water partition coefficient (Wildman–Crippen LogP) is 3.97. The minimum Gasteiger partial charge on any atom is -0.497 e. The van der Waals surface area contributed by atoms with Crippen molar-refractivity contribution in [3.63, 3.8) is 0 Å². The molecule has 0 spiro atoms. The summed E-state index contributed by atoms with van der Waals surface area (Å²) < 4.78 is 5.29. The maximum atomic E-state index is 5.29. The molecule has 0 atom stereocenters. The van der Waals surface area contributed by atoms with Gasteiger partial charge in [-0.3, -0.25) is 4.90 Å². The van der Waals surface area contributed by atoms with Gasteiger partial charge in [0, 0.05) is 45.0 Å². The molecule has 2 aromatic carbocycles. The zero-order valence-electron chi connectivity index (χ0n) is 19.4. The van der Waals surface area contributed by atoms with Crippen molar-refractivity contribution in [2.75, 3.05) is 57.8 Å². The van der Waals surface area contributed by atoms with Crippen LogP contribution in [0.3, 0.4) is 0 Å². The Kier molecular flexibility index (Phi) is 12.3. The van der Waals surface area contributed by atoms with E-state index < -0.39 is 0 Å². The van der Waals surface area contributed by atoms with E-state index >= 15 is 0 Å². The highest BCUT2D eigenvalue weighted by atomic mass is 127. The lowest BCUT2D eigenvalue weighted by Gasteiger charge is -2.36. The van der Waals surface area contributed by atoms with Crippen molar-refractivity contribution >= 4 is 35.6 Å². The van der Waals surface area contributed by atoms with E-state index in [0.717, 1.165) is 63.0 Å². The van der Waals surface area contributed by atoms with E-state index in [1.807, 2.05) is 18.2 Å². The fourth-order valence-corrected chi connectivity index (χ4v) is 3.82. The third-order valence-corrected chi connectivity index (χ3v) is 5.59. The van der Waals surface area contributed by atoms with Gasteiger partial charge in [-0.1, -0.05) is 30.3 Å². The first-order chi connectivity index (χ1) is 15.3. The Morgan fingerprint density at radius 1 is 0.969 bits per heavy atom. The van der Waals surface area contributed by atoms with Gasteiger partial charge in [0.25, 0.3) is 0 Å². The number of aliphatic imine (C=N–C) groups is 1. The molecule has 2 N–H and O–H groups in total. The lowest BCUT2D eigenvalue weighted by molar-refractivity contribution is 0.253. The first-order valence-electron chi connectivity index (χ1n) is 11.5. The number of para-hydroxylation sites is 1. The van der Waals surface area contributed by atoms with Gasteiger partial charge in [-0.15, -0.1) is 24.0 Å². The maximum Gasteiger partial charge on any atom is 0.191 e. The van der Waals surface area contributed by atoms with Gasteiger partial charge in [0.2, 0.25) is 0 Å². The number of hydrogen-bond acceptors (Lipinski definition) is 4. The number of methoxy groups -OCH3 is 1. The van der Waals surface area contributed by atoms with Crippen molar-refractivity contribution in [3.8, 4) is 5.75 Å². The summed E-state index contributed by atoms with van der Waals surface area (Å²) in [6.07, 6.45) is 2.34. The Morgan fingerprint density at radius 2 is 1.75 bits per heavy atom. The quantitative estimate of drug-likeness (QED) is 0.203. The number of guanidine groups is 1. The Labute approximate surface area is 210 Å². The van der Waals surface area contributed by atoms with Crippen molar-refractivity contribution in [1.82, 2.24) is 15.5 Å². The molecule has 3 rings (SSSR count). The Morgan fingerprint density at radius 3 is 2.47 bits per heavy atom.